The van der Waals surface area contributed by atoms with Gasteiger partial charge in [-0.1, -0.05) is 0 Å². The summed E-state index contributed by atoms with van der Waals surface area (Å²) in [5.41, 5.74) is 1.01. The number of nitrogens with zero attached hydrogens (tertiary/aromatic N) is 2. The van der Waals surface area contributed by atoms with Crippen molar-refractivity contribution in [1.29, 1.82) is 0 Å². The maximum absolute atomic E-state index is 11.2. The highest BCUT2D eigenvalue weighted by molar-refractivity contribution is 14.1. The third-order valence-electron chi connectivity index (χ3n) is 4.13. The topological polar surface area (TPSA) is 58.4 Å². The maximum atomic E-state index is 11.2. The van der Waals surface area contributed by atoms with E-state index in [4.69, 9.17) is 0 Å². The normalized spacial score (nSPS) is 26.3. The van der Waals surface area contributed by atoms with E-state index in [1.165, 1.54) is 6.42 Å². The Labute approximate surface area is 125 Å². The monoisotopic (exact) mass is 373 g/mol. The summed E-state index contributed by atoms with van der Waals surface area (Å²) in [6.45, 7) is 2.91. The van der Waals surface area contributed by atoms with Gasteiger partial charge in [0.1, 0.15) is 5.69 Å². The van der Waals surface area contributed by atoms with Crippen molar-refractivity contribution >= 4 is 34.0 Å². The number of nitro benzene ring substituents is 1. The van der Waals surface area contributed by atoms with Crippen LogP contribution in [0.2, 0.25) is 0 Å². The summed E-state index contributed by atoms with van der Waals surface area (Å²) in [5.74, 6) is 0.632. The van der Waals surface area contributed by atoms with Crippen LogP contribution in [0.1, 0.15) is 12.8 Å². The molecule has 2 unspecified atom stereocenters. The first-order valence-corrected chi connectivity index (χ1v) is 7.65. The molecule has 1 aromatic carbocycles. The number of nitrogens with one attached hydrogen (secondary N) is 1. The lowest BCUT2D eigenvalue weighted by molar-refractivity contribution is -0.384. The Morgan fingerprint density at radius 1 is 1.42 bits per heavy atom. The minimum Gasteiger partial charge on any atom is -0.366 e. The molecule has 2 aliphatic heterocycles. The Bertz CT molecular complexity index is 509. The molecule has 0 saturated carbocycles. The van der Waals surface area contributed by atoms with Gasteiger partial charge in [-0.05, 0) is 60.0 Å². The smallest absolute Gasteiger partial charge is 0.293 e. The minimum atomic E-state index is -0.267. The molecule has 6 heteroatoms. The molecule has 0 aromatic heterocycles. The van der Waals surface area contributed by atoms with Crippen molar-refractivity contribution in [3.8, 4) is 0 Å². The van der Waals surface area contributed by atoms with Crippen LogP contribution in [0.25, 0.3) is 0 Å². The molecule has 0 spiro atoms. The summed E-state index contributed by atoms with van der Waals surface area (Å²) in [6, 6.07) is 6.11. The third-order valence-corrected chi connectivity index (χ3v) is 4.80. The van der Waals surface area contributed by atoms with Crippen molar-refractivity contribution < 1.29 is 4.92 Å². The maximum Gasteiger partial charge on any atom is 0.293 e. The average molecular weight is 373 g/mol. The number of rotatable bonds is 2. The standard InChI is InChI=1S/C13H16IN3O2/c14-10-1-2-12(13(7-10)17(18)19)16-6-4-11-9(8-16)3-5-15-11/h1-2,7,9,11,15H,3-6,8H2. The molecule has 2 saturated heterocycles. The van der Waals surface area contributed by atoms with Gasteiger partial charge in [0.25, 0.3) is 5.69 Å². The van der Waals surface area contributed by atoms with Crippen LogP contribution in [0.4, 0.5) is 11.4 Å². The molecule has 2 atom stereocenters. The lowest BCUT2D eigenvalue weighted by Crippen LogP contribution is -2.44. The van der Waals surface area contributed by atoms with Crippen LogP contribution < -0.4 is 10.2 Å². The van der Waals surface area contributed by atoms with Gasteiger partial charge in [-0.15, -0.1) is 0 Å². The molecule has 0 amide bonds. The highest BCUT2D eigenvalue weighted by Crippen LogP contribution is 2.34. The quantitative estimate of drug-likeness (QED) is 0.492. The first kappa shape index (κ1) is 13.1. The lowest BCUT2D eigenvalue weighted by atomic mass is 9.93. The van der Waals surface area contributed by atoms with Crippen molar-refractivity contribution in [3.63, 3.8) is 0 Å². The van der Waals surface area contributed by atoms with Crippen LogP contribution in [0, 0.1) is 19.6 Å². The largest absolute Gasteiger partial charge is 0.366 e. The second kappa shape index (κ2) is 5.24. The van der Waals surface area contributed by atoms with E-state index in [0.717, 1.165) is 35.3 Å². The first-order chi connectivity index (χ1) is 9.15. The zero-order valence-electron chi connectivity index (χ0n) is 10.5. The van der Waals surface area contributed by atoms with E-state index in [-0.39, 0.29) is 10.6 Å². The van der Waals surface area contributed by atoms with Gasteiger partial charge in [0.2, 0.25) is 0 Å². The number of piperidine rings is 1. The number of nitro groups is 1. The Morgan fingerprint density at radius 2 is 2.26 bits per heavy atom. The van der Waals surface area contributed by atoms with Crippen molar-refractivity contribution in [2.45, 2.75) is 18.9 Å². The fourth-order valence-electron chi connectivity index (χ4n) is 3.18. The molecule has 3 rings (SSSR count). The number of anilines is 1. The van der Waals surface area contributed by atoms with E-state index in [0.29, 0.717) is 12.0 Å². The van der Waals surface area contributed by atoms with Crippen LogP contribution >= 0.6 is 22.6 Å². The summed E-state index contributed by atoms with van der Waals surface area (Å²) >= 11 is 2.12. The van der Waals surface area contributed by atoms with E-state index in [1.807, 2.05) is 12.1 Å². The summed E-state index contributed by atoms with van der Waals surface area (Å²) in [7, 11) is 0. The van der Waals surface area contributed by atoms with Crippen molar-refractivity contribution in [2.75, 3.05) is 24.5 Å². The van der Waals surface area contributed by atoms with Gasteiger partial charge in [0, 0.05) is 28.8 Å². The van der Waals surface area contributed by atoms with Gasteiger partial charge in [-0.3, -0.25) is 10.1 Å². The van der Waals surface area contributed by atoms with E-state index >= 15 is 0 Å². The molecule has 0 radical (unpaired) electrons. The minimum absolute atomic E-state index is 0.233. The van der Waals surface area contributed by atoms with E-state index in [2.05, 4.69) is 32.8 Å². The molecule has 19 heavy (non-hydrogen) atoms. The van der Waals surface area contributed by atoms with Gasteiger partial charge < -0.3 is 10.2 Å². The molecule has 1 N–H and O–H groups in total. The highest BCUT2D eigenvalue weighted by Gasteiger charge is 2.34. The molecule has 0 aliphatic carbocycles. The molecule has 5 nitrogen and oxygen atoms in total. The van der Waals surface area contributed by atoms with Crippen molar-refractivity contribution in [1.82, 2.24) is 5.32 Å². The Balaban J connectivity index is 1.87. The fraction of sp³-hybridized carbons (Fsp3) is 0.538. The molecular weight excluding hydrogens is 357 g/mol. The zero-order valence-corrected chi connectivity index (χ0v) is 12.7. The van der Waals surface area contributed by atoms with Crippen molar-refractivity contribution in [3.05, 3.63) is 31.9 Å². The molecule has 2 aliphatic rings. The van der Waals surface area contributed by atoms with Crippen LogP contribution in [-0.4, -0.2) is 30.6 Å². The second-order valence-corrected chi connectivity index (χ2v) is 6.48. The number of benzene rings is 1. The van der Waals surface area contributed by atoms with E-state index in [1.54, 1.807) is 6.07 Å². The van der Waals surface area contributed by atoms with Gasteiger partial charge in [0.15, 0.2) is 0 Å². The van der Waals surface area contributed by atoms with E-state index in [9.17, 15) is 10.1 Å². The molecule has 0 bridgehead atoms. The summed E-state index contributed by atoms with van der Waals surface area (Å²) < 4.78 is 0.908. The van der Waals surface area contributed by atoms with Crippen molar-refractivity contribution in [2.24, 2.45) is 5.92 Å². The number of halogens is 1. The molecule has 1 aromatic rings. The Kier molecular flexibility index (Phi) is 3.62. The predicted octanol–water partition coefficient (Wildman–Crippen LogP) is 2.39. The van der Waals surface area contributed by atoms with E-state index < -0.39 is 0 Å². The Morgan fingerprint density at radius 3 is 3.05 bits per heavy atom. The fourth-order valence-corrected chi connectivity index (χ4v) is 3.65. The SMILES string of the molecule is O=[N+]([O-])c1cc(I)ccc1N1CCC2NCCC2C1. The second-order valence-electron chi connectivity index (χ2n) is 5.23. The number of fused-ring (bicyclic) bond motifs is 1. The highest BCUT2D eigenvalue weighted by atomic mass is 127. The zero-order chi connectivity index (χ0) is 13.4. The molecular formula is C13H16IN3O2. The van der Waals surface area contributed by atoms with Crippen LogP contribution in [0.15, 0.2) is 18.2 Å². The molecule has 2 fully saturated rings. The summed E-state index contributed by atoms with van der Waals surface area (Å²) in [4.78, 5) is 13.1. The lowest BCUT2D eigenvalue weighted by Gasteiger charge is -2.36. The predicted molar refractivity (Wildman–Crippen MR) is 82.5 cm³/mol. The third kappa shape index (κ3) is 2.55. The van der Waals surface area contributed by atoms with Crippen LogP contribution in [0.3, 0.4) is 0 Å². The van der Waals surface area contributed by atoms with Gasteiger partial charge in [-0.25, -0.2) is 0 Å². The number of hydrogen-bond acceptors (Lipinski definition) is 4. The molecule has 2 heterocycles. The van der Waals surface area contributed by atoms with Crippen LogP contribution in [0.5, 0.6) is 0 Å². The Hall–Kier alpha value is -0.890. The average Bonchev–Trinajstić information content (AvgIpc) is 2.85. The van der Waals surface area contributed by atoms with Crippen LogP contribution in [-0.2, 0) is 0 Å². The number of hydrogen-bond donors (Lipinski definition) is 1. The van der Waals surface area contributed by atoms with Gasteiger partial charge in [-0.2, -0.15) is 0 Å². The first-order valence-electron chi connectivity index (χ1n) is 6.57. The van der Waals surface area contributed by atoms with Gasteiger partial charge in [0.05, 0.1) is 4.92 Å². The molecule has 102 valence electrons. The summed E-state index contributed by atoms with van der Waals surface area (Å²) in [5, 5.41) is 14.7. The van der Waals surface area contributed by atoms with Gasteiger partial charge >= 0.3 is 0 Å². The summed E-state index contributed by atoms with van der Waals surface area (Å²) in [6.07, 6.45) is 2.26.